The molecule has 0 bridgehead atoms. The highest BCUT2D eigenvalue weighted by molar-refractivity contribution is 9.10. The monoisotopic (exact) mass is 483 g/mol. The van der Waals surface area contributed by atoms with Crippen molar-refractivity contribution in [3.8, 4) is 5.75 Å². The Hall–Kier alpha value is -2.85. The Morgan fingerprint density at radius 1 is 1.17 bits per heavy atom. The van der Waals surface area contributed by atoms with Gasteiger partial charge in [-0.15, -0.1) is 0 Å². The van der Waals surface area contributed by atoms with Crippen LogP contribution in [0.3, 0.4) is 0 Å². The topological polar surface area (TPSA) is 65.4 Å². The van der Waals surface area contributed by atoms with Gasteiger partial charge in [0.2, 0.25) is 0 Å². The molecular formula is C20H17BrF3N3O3. The van der Waals surface area contributed by atoms with Gasteiger partial charge in [-0.3, -0.25) is 4.79 Å². The second-order valence-electron chi connectivity index (χ2n) is 6.23. The zero-order chi connectivity index (χ0) is 21.6. The van der Waals surface area contributed by atoms with Crippen LogP contribution in [0.4, 0.5) is 18.9 Å². The summed E-state index contributed by atoms with van der Waals surface area (Å²) in [5.41, 5.74) is 1.55. The summed E-state index contributed by atoms with van der Waals surface area (Å²) in [7, 11) is 0. The smallest absolute Gasteiger partial charge is 0.411 e. The molecule has 1 heterocycles. The van der Waals surface area contributed by atoms with Gasteiger partial charge in [-0.1, -0.05) is 24.3 Å². The van der Waals surface area contributed by atoms with E-state index in [9.17, 15) is 18.0 Å². The number of ether oxygens (including phenoxy) is 2. The molecule has 3 aromatic rings. The zero-order valence-corrected chi connectivity index (χ0v) is 17.1. The number of carbonyl (C=O) groups excluding carboxylic acids is 1. The summed E-state index contributed by atoms with van der Waals surface area (Å²) in [6, 6.07) is 14.4. The predicted octanol–water partition coefficient (Wildman–Crippen LogP) is 5.01. The van der Waals surface area contributed by atoms with Gasteiger partial charge in [-0.2, -0.15) is 18.3 Å². The molecule has 0 aliphatic carbocycles. The summed E-state index contributed by atoms with van der Waals surface area (Å²) in [6.07, 6.45) is -1.70. The number of amides is 1. The largest absolute Gasteiger partial charge is 0.488 e. The molecule has 158 valence electrons. The molecule has 0 spiro atoms. The number of anilines is 1. The van der Waals surface area contributed by atoms with Crippen molar-refractivity contribution >= 4 is 27.5 Å². The Morgan fingerprint density at radius 3 is 2.73 bits per heavy atom. The Balaban J connectivity index is 1.56. The molecule has 0 aliphatic heterocycles. The maximum absolute atomic E-state index is 12.5. The maximum Gasteiger partial charge on any atom is 0.411 e. The van der Waals surface area contributed by atoms with Crippen LogP contribution in [-0.2, 0) is 18.1 Å². The van der Waals surface area contributed by atoms with Crippen LogP contribution in [0.1, 0.15) is 15.9 Å². The molecule has 1 N–H and O–H groups in total. The number of carbonyl (C=O) groups is 1. The number of para-hydroxylation sites is 1. The molecule has 1 aromatic heterocycles. The second-order valence-corrected chi connectivity index (χ2v) is 7.09. The molecule has 30 heavy (non-hydrogen) atoms. The van der Waals surface area contributed by atoms with Gasteiger partial charge in [-0.05, 0) is 45.8 Å². The van der Waals surface area contributed by atoms with E-state index in [1.807, 2.05) is 30.3 Å². The molecule has 6 nitrogen and oxygen atoms in total. The first-order valence-electron chi connectivity index (χ1n) is 8.75. The molecule has 0 saturated carbocycles. The molecule has 0 aliphatic rings. The van der Waals surface area contributed by atoms with E-state index >= 15 is 0 Å². The summed E-state index contributed by atoms with van der Waals surface area (Å²) in [5, 5.41) is 6.50. The molecule has 0 unspecified atom stereocenters. The van der Waals surface area contributed by atoms with Crippen molar-refractivity contribution < 1.29 is 27.4 Å². The van der Waals surface area contributed by atoms with Gasteiger partial charge in [-0.25, -0.2) is 4.68 Å². The first kappa shape index (κ1) is 21.8. The number of hydrogen-bond donors (Lipinski definition) is 1. The lowest BCUT2D eigenvalue weighted by molar-refractivity contribution is -0.182. The first-order valence-corrected chi connectivity index (χ1v) is 9.54. The Labute approximate surface area is 178 Å². The number of alkyl halides is 3. The molecule has 10 heteroatoms. The SMILES string of the molecule is O=C(Nc1cnn(COCC(F)(F)F)c1)c1cccc(COc2ccccc2Br)c1. The third-order valence-electron chi connectivity index (χ3n) is 3.80. The summed E-state index contributed by atoms with van der Waals surface area (Å²) in [6.45, 7) is -1.47. The Bertz CT molecular complexity index is 1010. The van der Waals surface area contributed by atoms with E-state index in [1.165, 1.54) is 12.4 Å². The van der Waals surface area contributed by atoms with E-state index in [0.29, 0.717) is 17.0 Å². The molecular weight excluding hydrogens is 467 g/mol. The zero-order valence-electron chi connectivity index (χ0n) is 15.5. The van der Waals surface area contributed by atoms with E-state index in [-0.39, 0.29) is 19.2 Å². The number of rotatable bonds is 8. The quantitative estimate of drug-likeness (QED) is 0.488. The number of benzene rings is 2. The summed E-state index contributed by atoms with van der Waals surface area (Å²) in [5.74, 6) is 0.306. The highest BCUT2D eigenvalue weighted by Gasteiger charge is 2.27. The molecule has 1 amide bonds. The van der Waals surface area contributed by atoms with E-state index in [2.05, 4.69) is 31.1 Å². The minimum absolute atomic E-state index is 0.276. The van der Waals surface area contributed by atoms with Crippen LogP contribution in [0, 0.1) is 0 Å². The highest BCUT2D eigenvalue weighted by atomic mass is 79.9. The highest BCUT2D eigenvalue weighted by Crippen LogP contribution is 2.25. The number of nitrogens with one attached hydrogen (secondary N) is 1. The van der Waals surface area contributed by atoms with Gasteiger partial charge < -0.3 is 14.8 Å². The van der Waals surface area contributed by atoms with Crippen molar-refractivity contribution in [2.75, 3.05) is 11.9 Å². The third kappa shape index (κ3) is 6.60. The Kier molecular flexibility index (Phi) is 7.11. The molecule has 0 fully saturated rings. The first-order chi connectivity index (χ1) is 14.3. The van der Waals surface area contributed by atoms with E-state index < -0.39 is 12.8 Å². The summed E-state index contributed by atoms with van der Waals surface area (Å²) in [4.78, 5) is 12.5. The fraction of sp³-hybridized carbons (Fsp3) is 0.200. The lowest BCUT2D eigenvalue weighted by Gasteiger charge is -2.09. The minimum atomic E-state index is -4.41. The number of nitrogens with zero attached hydrogens (tertiary/aromatic N) is 2. The van der Waals surface area contributed by atoms with Crippen LogP contribution < -0.4 is 10.1 Å². The van der Waals surface area contributed by atoms with E-state index in [1.54, 1.807) is 18.2 Å². The van der Waals surface area contributed by atoms with Gasteiger partial charge in [0, 0.05) is 5.56 Å². The van der Waals surface area contributed by atoms with Crippen LogP contribution >= 0.6 is 15.9 Å². The van der Waals surface area contributed by atoms with Gasteiger partial charge in [0.15, 0.2) is 0 Å². The minimum Gasteiger partial charge on any atom is -0.488 e. The average Bonchev–Trinajstić information content (AvgIpc) is 3.14. The average molecular weight is 484 g/mol. The third-order valence-corrected chi connectivity index (χ3v) is 4.46. The number of aromatic nitrogens is 2. The summed E-state index contributed by atoms with van der Waals surface area (Å²) < 4.78 is 48.6. The fourth-order valence-corrected chi connectivity index (χ4v) is 2.88. The van der Waals surface area contributed by atoms with Gasteiger partial charge in [0.1, 0.15) is 25.7 Å². The lowest BCUT2D eigenvalue weighted by Crippen LogP contribution is -2.18. The fourth-order valence-electron chi connectivity index (χ4n) is 2.48. The molecule has 0 saturated heterocycles. The summed E-state index contributed by atoms with van der Waals surface area (Å²) >= 11 is 3.41. The van der Waals surface area contributed by atoms with Crippen LogP contribution in [-0.4, -0.2) is 28.5 Å². The van der Waals surface area contributed by atoms with Crippen molar-refractivity contribution in [1.29, 1.82) is 0 Å². The van der Waals surface area contributed by atoms with E-state index in [0.717, 1.165) is 14.7 Å². The van der Waals surface area contributed by atoms with Gasteiger partial charge >= 0.3 is 6.18 Å². The lowest BCUT2D eigenvalue weighted by atomic mass is 10.1. The maximum atomic E-state index is 12.5. The van der Waals surface area contributed by atoms with Gasteiger partial charge in [0.25, 0.3) is 5.91 Å². The Morgan fingerprint density at radius 2 is 1.97 bits per heavy atom. The van der Waals surface area contributed by atoms with E-state index in [4.69, 9.17) is 4.74 Å². The second kappa shape index (κ2) is 9.77. The van der Waals surface area contributed by atoms with Crippen LogP contribution in [0.25, 0.3) is 0 Å². The molecule has 0 atom stereocenters. The number of halogens is 4. The predicted molar refractivity (Wildman–Crippen MR) is 107 cm³/mol. The molecule has 0 radical (unpaired) electrons. The number of hydrogen-bond acceptors (Lipinski definition) is 4. The standard InChI is InChI=1S/C20H17BrF3N3O3/c21-17-6-1-2-7-18(17)30-11-14-4-3-5-15(8-14)19(28)26-16-9-25-27(10-16)13-29-12-20(22,23)24/h1-10H,11-13H2,(H,26,28). The van der Waals surface area contributed by atoms with Crippen LogP contribution in [0.15, 0.2) is 65.4 Å². The normalized spacial score (nSPS) is 11.3. The van der Waals surface area contributed by atoms with Crippen molar-refractivity contribution in [3.63, 3.8) is 0 Å². The van der Waals surface area contributed by atoms with Crippen LogP contribution in [0.5, 0.6) is 5.75 Å². The molecule has 2 aromatic carbocycles. The van der Waals surface area contributed by atoms with Crippen molar-refractivity contribution in [3.05, 3.63) is 76.5 Å². The molecule has 3 rings (SSSR count). The van der Waals surface area contributed by atoms with Crippen molar-refractivity contribution in [2.24, 2.45) is 0 Å². The van der Waals surface area contributed by atoms with Crippen molar-refractivity contribution in [1.82, 2.24) is 9.78 Å². The van der Waals surface area contributed by atoms with Crippen molar-refractivity contribution in [2.45, 2.75) is 19.5 Å². The van der Waals surface area contributed by atoms with Gasteiger partial charge in [0.05, 0.1) is 22.6 Å². The van der Waals surface area contributed by atoms with Crippen LogP contribution in [0.2, 0.25) is 0 Å².